The monoisotopic (exact) mass is 471 g/mol. The average Bonchev–Trinajstić information content (AvgIpc) is 2.81. The van der Waals surface area contributed by atoms with Crippen LogP contribution in [0.2, 0.25) is 0 Å². The van der Waals surface area contributed by atoms with Gasteiger partial charge in [-0.15, -0.1) is 0 Å². The van der Waals surface area contributed by atoms with E-state index in [0.29, 0.717) is 18.7 Å². The Kier molecular flexibility index (Phi) is 9.32. The van der Waals surface area contributed by atoms with Gasteiger partial charge in [0, 0.05) is 26.1 Å². The lowest BCUT2D eigenvalue weighted by molar-refractivity contribution is -0.121. The molecule has 0 aliphatic carbocycles. The van der Waals surface area contributed by atoms with Gasteiger partial charge in [0.2, 0.25) is 15.9 Å². The van der Waals surface area contributed by atoms with Crippen LogP contribution in [0, 0.1) is 0 Å². The van der Waals surface area contributed by atoms with Crippen LogP contribution in [-0.2, 0) is 34.3 Å². The minimum Gasteiger partial charge on any atom is -0.352 e. The number of hydrogen-bond acceptors (Lipinski definition) is 4. The summed E-state index contributed by atoms with van der Waals surface area (Å²) in [5.74, 6) is -0.0637. The number of likely N-dealkylation sites (tertiary alicyclic amines) is 1. The molecule has 0 atom stereocenters. The molecule has 0 bridgehead atoms. The molecule has 7 heteroatoms. The number of nitrogens with one attached hydrogen (secondary N) is 1. The first kappa shape index (κ1) is 25.2. The highest BCUT2D eigenvalue weighted by molar-refractivity contribution is 7.92. The van der Waals surface area contributed by atoms with Crippen LogP contribution in [0.25, 0.3) is 0 Å². The van der Waals surface area contributed by atoms with Crippen molar-refractivity contribution in [3.8, 4) is 0 Å². The molecule has 33 heavy (non-hydrogen) atoms. The van der Waals surface area contributed by atoms with E-state index < -0.39 is 10.0 Å². The van der Waals surface area contributed by atoms with E-state index in [9.17, 15) is 13.2 Å². The second-order valence-electron chi connectivity index (χ2n) is 8.89. The largest absolute Gasteiger partial charge is 0.352 e. The lowest BCUT2D eigenvalue weighted by atomic mass is 10.1. The van der Waals surface area contributed by atoms with E-state index in [4.69, 9.17) is 0 Å². The van der Waals surface area contributed by atoms with Gasteiger partial charge in [-0.05, 0) is 67.6 Å². The molecule has 180 valence electrons. The molecule has 0 unspecified atom stereocenters. The summed E-state index contributed by atoms with van der Waals surface area (Å²) >= 11 is 0. The minimum absolute atomic E-state index is 0.0637. The van der Waals surface area contributed by atoms with Gasteiger partial charge in [0.1, 0.15) is 0 Å². The van der Waals surface area contributed by atoms with Gasteiger partial charge in [-0.1, -0.05) is 49.7 Å². The summed E-state index contributed by atoms with van der Waals surface area (Å²) < 4.78 is 25.9. The molecule has 0 radical (unpaired) electrons. The Morgan fingerprint density at radius 2 is 1.70 bits per heavy atom. The fraction of sp³-hybridized carbons (Fsp3) is 0.500. The number of benzene rings is 2. The number of rotatable bonds is 11. The molecule has 0 aromatic heterocycles. The van der Waals surface area contributed by atoms with Crippen LogP contribution in [0.1, 0.15) is 55.7 Å². The number of sulfonamides is 1. The van der Waals surface area contributed by atoms with Crippen LogP contribution >= 0.6 is 0 Å². The third-order valence-corrected chi connectivity index (χ3v) is 7.33. The first-order valence-corrected chi connectivity index (χ1v) is 13.8. The Labute approximate surface area is 199 Å². The maximum atomic E-state index is 12.4. The lowest BCUT2D eigenvalue weighted by Crippen LogP contribution is -2.32. The maximum Gasteiger partial charge on any atom is 0.232 e. The first-order valence-electron chi connectivity index (χ1n) is 12.0. The molecule has 1 amide bonds. The highest BCUT2D eigenvalue weighted by atomic mass is 32.2. The molecule has 3 rings (SSSR count). The van der Waals surface area contributed by atoms with Crippen molar-refractivity contribution in [2.24, 2.45) is 0 Å². The predicted molar refractivity (Wildman–Crippen MR) is 135 cm³/mol. The number of amides is 1. The molecule has 2 aromatic carbocycles. The first-order chi connectivity index (χ1) is 15.8. The summed E-state index contributed by atoms with van der Waals surface area (Å²) in [6, 6.07) is 15.9. The Balaban J connectivity index is 1.46. The molecule has 1 saturated heterocycles. The third kappa shape index (κ3) is 8.16. The fourth-order valence-corrected chi connectivity index (χ4v) is 5.24. The van der Waals surface area contributed by atoms with Crippen molar-refractivity contribution in [3.63, 3.8) is 0 Å². The fourth-order valence-electron chi connectivity index (χ4n) is 4.27. The molecule has 0 saturated carbocycles. The van der Waals surface area contributed by atoms with Gasteiger partial charge in [-0.25, -0.2) is 8.42 Å². The summed E-state index contributed by atoms with van der Waals surface area (Å²) in [4.78, 5) is 14.9. The molecule has 1 fully saturated rings. The molecular weight excluding hydrogens is 434 g/mol. The van der Waals surface area contributed by atoms with Gasteiger partial charge in [-0.3, -0.25) is 14.0 Å². The summed E-state index contributed by atoms with van der Waals surface area (Å²) in [5, 5.41) is 2.98. The number of aryl methyl sites for hydroxylation is 1. The van der Waals surface area contributed by atoms with Gasteiger partial charge in [0.05, 0.1) is 11.9 Å². The van der Waals surface area contributed by atoms with Crippen LogP contribution in [0.4, 0.5) is 5.69 Å². The van der Waals surface area contributed by atoms with E-state index >= 15 is 0 Å². The van der Waals surface area contributed by atoms with Crippen molar-refractivity contribution in [1.82, 2.24) is 10.2 Å². The van der Waals surface area contributed by atoms with Crippen molar-refractivity contribution in [2.45, 2.75) is 58.5 Å². The number of anilines is 1. The van der Waals surface area contributed by atoms with Crippen molar-refractivity contribution in [1.29, 1.82) is 0 Å². The number of hydrogen-bond donors (Lipinski definition) is 1. The van der Waals surface area contributed by atoms with Gasteiger partial charge in [0.25, 0.3) is 0 Å². The highest BCUT2D eigenvalue weighted by Gasteiger charge is 2.17. The zero-order chi connectivity index (χ0) is 23.7. The van der Waals surface area contributed by atoms with Crippen LogP contribution in [0.5, 0.6) is 0 Å². The van der Waals surface area contributed by atoms with Crippen molar-refractivity contribution >= 4 is 21.6 Å². The van der Waals surface area contributed by atoms with Crippen LogP contribution in [0.15, 0.2) is 48.5 Å². The second kappa shape index (κ2) is 12.2. The Morgan fingerprint density at radius 3 is 2.36 bits per heavy atom. The van der Waals surface area contributed by atoms with E-state index in [-0.39, 0.29) is 18.9 Å². The molecular formula is C26H37N3O3S. The van der Waals surface area contributed by atoms with Gasteiger partial charge in [-0.2, -0.15) is 0 Å². The maximum absolute atomic E-state index is 12.4. The summed E-state index contributed by atoms with van der Waals surface area (Å²) in [5.41, 5.74) is 4.17. The Bertz CT molecular complexity index is 1000. The van der Waals surface area contributed by atoms with E-state index in [0.717, 1.165) is 37.2 Å². The number of nitrogens with zero attached hydrogens (tertiary/aromatic N) is 2. The van der Waals surface area contributed by atoms with E-state index in [2.05, 4.69) is 35.3 Å². The highest BCUT2D eigenvalue weighted by Crippen LogP contribution is 2.19. The zero-order valence-electron chi connectivity index (χ0n) is 19.9. The van der Waals surface area contributed by atoms with Gasteiger partial charge in [0.15, 0.2) is 0 Å². The van der Waals surface area contributed by atoms with E-state index in [1.54, 1.807) is 0 Å². The lowest BCUT2D eigenvalue weighted by Gasteiger charge is -2.26. The quantitative estimate of drug-likeness (QED) is 0.536. The minimum atomic E-state index is -3.41. The second-order valence-corrected chi connectivity index (χ2v) is 10.8. The smallest absolute Gasteiger partial charge is 0.232 e. The van der Waals surface area contributed by atoms with Crippen molar-refractivity contribution in [2.75, 3.05) is 30.2 Å². The Hall–Kier alpha value is -2.38. The number of piperidine rings is 1. The van der Waals surface area contributed by atoms with Crippen molar-refractivity contribution in [3.05, 3.63) is 65.2 Å². The van der Waals surface area contributed by atoms with Gasteiger partial charge >= 0.3 is 0 Å². The number of carbonyl (C=O) groups is 1. The van der Waals surface area contributed by atoms with Crippen LogP contribution in [-0.4, -0.2) is 45.1 Å². The summed E-state index contributed by atoms with van der Waals surface area (Å²) in [6.45, 7) is 6.11. The normalized spacial score (nSPS) is 14.7. The third-order valence-electron chi connectivity index (χ3n) is 6.13. The molecule has 1 N–H and O–H groups in total. The standard InChI is InChI=1S/C26H37N3O3S/c1-3-22-12-14-25(15-13-22)29(33(2,31)32)18-8-11-26(30)27-20-23-9-7-10-24(19-23)21-28-16-5-4-6-17-28/h7,9-10,12-15,19H,3-6,8,11,16-18,20-21H2,1-2H3,(H,27,30). The molecule has 1 heterocycles. The van der Waals surface area contributed by atoms with Gasteiger partial charge < -0.3 is 5.32 Å². The summed E-state index contributed by atoms with van der Waals surface area (Å²) in [6.07, 6.45) is 6.73. The van der Waals surface area contributed by atoms with E-state index in [1.807, 2.05) is 30.3 Å². The predicted octanol–water partition coefficient (Wildman–Crippen LogP) is 4.10. The van der Waals surface area contributed by atoms with Crippen molar-refractivity contribution < 1.29 is 13.2 Å². The molecule has 1 aliphatic rings. The molecule has 0 spiro atoms. The van der Waals surface area contributed by atoms with Crippen LogP contribution in [0.3, 0.4) is 0 Å². The molecule has 6 nitrogen and oxygen atoms in total. The molecule has 1 aliphatic heterocycles. The summed E-state index contributed by atoms with van der Waals surface area (Å²) in [7, 11) is -3.41. The number of carbonyl (C=O) groups excluding carboxylic acids is 1. The molecule has 2 aromatic rings. The van der Waals surface area contributed by atoms with E-state index in [1.165, 1.54) is 35.4 Å². The Morgan fingerprint density at radius 1 is 1.00 bits per heavy atom. The van der Waals surface area contributed by atoms with Crippen LogP contribution < -0.4 is 9.62 Å². The topological polar surface area (TPSA) is 69.7 Å². The SMILES string of the molecule is CCc1ccc(N(CCCC(=O)NCc2cccc(CN3CCCCC3)c2)S(C)(=O)=O)cc1. The average molecular weight is 472 g/mol. The zero-order valence-corrected chi connectivity index (χ0v) is 20.7.